The van der Waals surface area contributed by atoms with Gasteiger partial charge in [0.25, 0.3) is 0 Å². The average molecular weight is 236 g/mol. The van der Waals surface area contributed by atoms with Crippen LogP contribution in [0.4, 0.5) is 0 Å². The van der Waals surface area contributed by atoms with Crippen LogP contribution in [0.3, 0.4) is 0 Å². The number of nitrogens with two attached hydrogens (primary N) is 1. The quantitative estimate of drug-likeness (QED) is 0.807. The number of ether oxygens (including phenoxy) is 1. The smallest absolute Gasteiger partial charge is 0.213 e. The van der Waals surface area contributed by atoms with Crippen LogP contribution >= 0.6 is 0 Å². The molecule has 2 rings (SSSR count). The van der Waals surface area contributed by atoms with Gasteiger partial charge < -0.3 is 15.6 Å². The summed E-state index contributed by atoms with van der Waals surface area (Å²) < 4.78 is 5.77. The normalized spacial score (nSPS) is 18.2. The van der Waals surface area contributed by atoms with E-state index in [1.807, 2.05) is 12.1 Å². The number of aliphatic hydroxyl groups excluding tert-OH is 1. The number of pyridine rings is 1. The number of hydrogen-bond acceptors (Lipinski definition) is 4. The lowest BCUT2D eigenvalue weighted by atomic mass is 10.1. The van der Waals surface area contributed by atoms with Gasteiger partial charge in [0.1, 0.15) is 6.10 Å². The highest BCUT2D eigenvalue weighted by molar-refractivity contribution is 5.19. The van der Waals surface area contributed by atoms with Crippen LogP contribution in [0.2, 0.25) is 0 Å². The largest absolute Gasteiger partial charge is 0.474 e. The van der Waals surface area contributed by atoms with Crippen LogP contribution in [-0.4, -0.2) is 28.8 Å². The Kier molecular flexibility index (Phi) is 4.34. The molecule has 0 spiro atoms. The zero-order chi connectivity index (χ0) is 12.1. The van der Waals surface area contributed by atoms with Gasteiger partial charge in [-0.05, 0) is 37.7 Å². The van der Waals surface area contributed by atoms with Crippen LogP contribution in [0.1, 0.15) is 31.2 Å². The fraction of sp³-hybridized carbons (Fsp3) is 0.615. The number of hydrogen-bond donors (Lipinski definition) is 2. The van der Waals surface area contributed by atoms with Gasteiger partial charge in [-0.15, -0.1) is 0 Å². The molecule has 1 aliphatic rings. The van der Waals surface area contributed by atoms with E-state index in [0.717, 1.165) is 18.4 Å². The lowest BCUT2D eigenvalue weighted by Crippen LogP contribution is -2.26. The van der Waals surface area contributed by atoms with Crippen LogP contribution in [0.25, 0.3) is 0 Å². The van der Waals surface area contributed by atoms with Gasteiger partial charge in [-0.1, -0.05) is 6.07 Å². The molecule has 0 aliphatic heterocycles. The van der Waals surface area contributed by atoms with E-state index in [1.54, 1.807) is 6.20 Å². The second kappa shape index (κ2) is 5.98. The molecule has 0 saturated heterocycles. The molecular formula is C13H20N2O2. The molecule has 17 heavy (non-hydrogen) atoms. The zero-order valence-electron chi connectivity index (χ0n) is 10.0. The van der Waals surface area contributed by atoms with Crippen molar-refractivity contribution < 1.29 is 9.84 Å². The summed E-state index contributed by atoms with van der Waals surface area (Å²) >= 11 is 0. The minimum atomic E-state index is -0.210. The standard InChI is InChI=1S/C13H20N2O2/c14-11(9-16)7-10-5-6-13(15-8-10)17-12-3-1-2-4-12/h5-6,8,11-12,16H,1-4,7,9,14H2. The Morgan fingerprint density at radius 3 is 2.76 bits per heavy atom. The molecule has 0 radical (unpaired) electrons. The highest BCUT2D eigenvalue weighted by atomic mass is 16.5. The van der Waals surface area contributed by atoms with E-state index in [9.17, 15) is 0 Å². The number of rotatable bonds is 5. The SMILES string of the molecule is NC(CO)Cc1ccc(OC2CCCC2)nc1. The number of nitrogens with zero attached hydrogens (tertiary/aromatic N) is 1. The third-order valence-electron chi connectivity index (χ3n) is 3.12. The van der Waals surface area contributed by atoms with Gasteiger partial charge in [0, 0.05) is 18.3 Å². The van der Waals surface area contributed by atoms with E-state index in [-0.39, 0.29) is 12.6 Å². The Hall–Kier alpha value is -1.13. The first-order chi connectivity index (χ1) is 8.28. The Bertz CT molecular complexity index is 334. The Balaban J connectivity index is 1.88. The molecule has 1 fully saturated rings. The Labute approximate surface area is 102 Å². The number of aliphatic hydroxyl groups is 1. The van der Waals surface area contributed by atoms with Gasteiger partial charge in [0.05, 0.1) is 6.61 Å². The third-order valence-corrected chi connectivity index (χ3v) is 3.12. The first kappa shape index (κ1) is 12.3. The maximum atomic E-state index is 8.87. The van der Waals surface area contributed by atoms with Gasteiger partial charge in [0.15, 0.2) is 0 Å². The molecule has 1 atom stereocenters. The predicted octanol–water partition coefficient (Wildman–Crippen LogP) is 1.27. The van der Waals surface area contributed by atoms with E-state index in [0.29, 0.717) is 18.4 Å². The van der Waals surface area contributed by atoms with Gasteiger partial charge in [-0.2, -0.15) is 0 Å². The second-order valence-corrected chi connectivity index (χ2v) is 4.68. The van der Waals surface area contributed by atoms with Crippen LogP contribution in [0, 0.1) is 0 Å². The predicted molar refractivity (Wildman–Crippen MR) is 65.9 cm³/mol. The Morgan fingerprint density at radius 2 is 2.18 bits per heavy atom. The summed E-state index contributed by atoms with van der Waals surface area (Å²) in [6.45, 7) is 0.000323. The zero-order valence-corrected chi connectivity index (χ0v) is 10.0. The van der Waals surface area contributed by atoms with Gasteiger partial charge in [0.2, 0.25) is 5.88 Å². The lowest BCUT2D eigenvalue weighted by molar-refractivity contribution is 0.201. The summed E-state index contributed by atoms with van der Waals surface area (Å²) in [5.41, 5.74) is 6.70. The molecule has 0 amide bonds. The fourth-order valence-electron chi connectivity index (χ4n) is 2.15. The highest BCUT2D eigenvalue weighted by Crippen LogP contribution is 2.22. The fourth-order valence-corrected chi connectivity index (χ4v) is 2.15. The summed E-state index contributed by atoms with van der Waals surface area (Å²) in [5.74, 6) is 0.693. The summed E-state index contributed by atoms with van der Waals surface area (Å²) in [4.78, 5) is 4.27. The lowest BCUT2D eigenvalue weighted by Gasteiger charge is -2.12. The minimum Gasteiger partial charge on any atom is -0.474 e. The van der Waals surface area contributed by atoms with Crippen molar-refractivity contribution in [1.82, 2.24) is 4.98 Å². The van der Waals surface area contributed by atoms with Crippen molar-refractivity contribution in [2.24, 2.45) is 5.73 Å². The summed E-state index contributed by atoms with van der Waals surface area (Å²) in [6, 6.07) is 3.64. The summed E-state index contributed by atoms with van der Waals surface area (Å²) in [7, 11) is 0. The van der Waals surface area contributed by atoms with Gasteiger partial charge in [-0.3, -0.25) is 0 Å². The van der Waals surface area contributed by atoms with Crippen molar-refractivity contribution in [1.29, 1.82) is 0 Å². The molecule has 0 aromatic carbocycles. The monoisotopic (exact) mass is 236 g/mol. The summed E-state index contributed by atoms with van der Waals surface area (Å²) in [5, 5.41) is 8.87. The van der Waals surface area contributed by atoms with E-state index in [1.165, 1.54) is 12.8 Å². The molecule has 0 bridgehead atoms. The second-order valence-electron chi connectivity index (χ2n) is 4.68. The molecule has 94 valence electrons. The van der Waals surface area contributed by atoms with E-state index < -0.39 is 0 Å². The molecule has 1 aliphatic carbocycles. The third kappa shape index (κ3) is 3.68. The van der Waals surface area contributed by atoms with Crippen molar-refractivity contribution in [2.75, 3.05) is 6.61 Å². The molecular weight excluding hydrogens is 216 g/mol. The Morgan fingerprint density at radius 1 is 1.41 bits per heavy atom. The van der Waals surface area contributed by atoms with Crippen molar-refractivity contribution in [3.63, 3.8) is 0 Å². The molecule has 1 heterocycles. The molecule has 1 unspecified atom stereocenters. The van der Waals surface area contributed by atoms with Gasteiger partial charge >= 0.3 is 0 Å². The minimum absolute atomic E-state index is 0.000323. The molecule has 4 heteroatoms. The topological polar surface area (TPSA) is 68.4 Å². The van der Waals surface area contributed by atoms with Gasteiger partial charge in [-0.25, -0.2) is 4.98 Å². The molecule has 3 N–H and O–H groups in total. The van der Waals surface area contributed by atoms with E-state index in [4.69, 9.17) is 15.6 Å². The molecule has 1 aromatic heterocycles. The van der Waals surface area contributed by atoms with Crippen LogP contribution < -0.4 is 10.5 Å². The van der Waals surface area contributed by atoms with Crippen molar-refractivity contribution in [3.8, 4) is 5.88 Å². The first-order valence-corrected chi connectivity index (χ1v) is 6.26. The van der Waals surface area contributed by atoms with Crippen molar-refractivity contribution >= 4 is 0 Å². The van der Waals surface area contributed by atoms with Crippen molar-refractivity contribution in [2.45, 2.75) is 44.2 Å². The first-order valence-electron chi connectivity index (χ1n) is 6.26. The summed E-state index contributed by atoms with van der Waals surface area (Å²) in [6.07, 6.45) is 7.56. The molecule has 4 nitrogen and oxygen atoms in total. The van der Waals surface area contributed by atoms with E-state index >= 15 is 0 Å². The van der Waals surface area contributed by atoms with Crippen LogP contribution in [0.5, 0.6) is 5.88 Å². The average Bonchev–Trinajstić information content (AvgIpc) is 2.84. The van der Waals surface area contributed by atoms with Crippen LogP contribution in [-0.2, 0) is 6.42 Å². The van der Waals surface area contributed by atoms with E-state index in [2.05, 4.69) is 4.98 Å². The van der Waals surface area contributed by atoms with Crippen LogP contribution in [0.15, 0.2) is 18.3 Å². The molecule has 1 aromatic rings. The molecule has 1 saturated carbocycles. The van der Waals surface area contributed by atoms with Crippen molar-refractivity contribution in [3.05, 3.63) is 23.9 Å². The number of aromatic nitrogens is 1. The maximum Gasteiger partial charge on any atom is 0.213 e. The maximum absolute atomic E-state index is 8.87. The highest BCUT2D eigenvalue weighted by Gasteiger charge is 2.16.